The maximum Gasteiger partial charge on any atom is 0.340 e. The van der Waals surface area contributed by atoms with Gasteiger partial charge in [0.1, 0.15) is 0 Å². The minimum atomic E-state index is -1.19. The van der Waals surface area contributed by atoms with E-state index in [9.17, 15) is 19.2 Å². The lowest BCUT2D eigenvalue weighted by molar-refractivity contribution is -0.288. The highest BCUT2D eigenvalue weighted by Gasteiger charge is 2.35. The van der Waals surface area contributed by atoms with Gasteiger partial charge in [-0.2, -0.15) is 0 Å². The highest BCUT2D eigenvalue weighted by atomic mass is 16.8. The van der Waals surface area contributed by atoms with Gasteiger partial charge in [0, 0.05) is 12.2 Å². The summed E-state index contributed by atoms with van der Waals surface area (Å²) in [6.07, 6.45) is 12.6. The van der Waals surface area contributed by atoms with E-state index in [1.165, 1.54) is 23.3 Å². The third-order valence-corrected chi connectivity index (χ3v) is 10.6. The highest BCUT2D eigenvalue weighted by molar-refractivity contribution is 5.90. The van der Waals surface area contributed by atoms with Crippen LogP contribution in [-0.4, -0.2) is 62.9 Å². The molecule has 2 unspecified atom stereocenters. The predicted octanol–water partition coefficient (Wildman–Crippen LogP) is 7.97. The maximum atomic E-state index is 13.1. The van der Waals surface area contributed by atoms with Gasteiger partial charge in [-0.05, 0) is 136 Å². The molecular formula is C42H52O10. The first-order valence-electron chi connectivity index (χ1n) is 18.8. The molecule has 0 bridgehead atoms. The Morgan fingerprint density at radius 1 is 0.577 bits per heavy atom. The zero-order valence-electron chi connectivity index (χ0n) is 30.0. The topological polar surface area (TPSA) is 124 Å². The number of hydrogen-bond acceptors (Lipinski definition) is 10. The third kappa shape index (κ3) is 11.6. The zero-order valence-corrected chi connectivity index (χ0v) is 30.0. The van der Waals surface area contributed by atoms with E-state index in [0.29, 0.717) is 48.0 Å². The molecule has 10 nitrogen and oxygen atoms in total. The lowest BCUT2D eigenvalue weighted by Gasteiger charge is -2.30. The standard InChI is InChI=1S/C42H52O10/c1-3-37(43)47-25-5-7-29-9-13-31(14-10-29)33-17-21-35(22-18-33)39(45)51-41-42(50-28-27-49-41)52-40(46)36-23-19-34(20-24-36)32-15-11-30(12-16-32)8-6-26-48-38(44)4-2/h3-4,17-24,29-32,41-42H,1-2,5-16,25-28H2. The maximum absolute atomic E-state index is 13.1. The van der Waals surface area contributed by atoms with E-state index in [1.807, 2.05) is 24.3 Å². The fraction of sp³-hybridized carbons (Fsp3) is 0.524. The Hall–Kier alpha value is -4.28. The summed E-state index contributed by atoms with van der Waals surface area (Å²) in [4.78, 5) is 48.6. The lowest BCUT2D eigenvalue weighted by Crippen LogP contribution is -2.44. The van der Waals surface area contributed by atoms with Crippen molar-refractivity contribution in [2.75, 3.05) is 26.4 Å². The van der Waals surface area contributed by atoms with Crippen LogP contribution in [-0.2, 0) is 38.0 Å². The van der Waals surface area contributed by atoms with Crippen LogP contribution in [0.15, 0.2) is 73.8 Å². The average molecular weight is 717 g/mol. The molecular weight excluding hydrogens is 664 g/mol. The summed E-state index contributed by atoms with van der Waals surface area (Å²) in [7, 11) is 0. The Bertz CT molecular complexity index is 1370. The van der Waals surface area contributed by atoms with Crippen molar-refractivity contribution >= 4 is 23.9 Å². The van der Waals surface area contributed by atoms with Crippen LogP contribution in [0.3, 0.4) is 0 Å². The normalized spacial score (nSPS) is 24.5. The van der Waals surface area contributed by atoms with Crippen LogP contribution in [0.1, 0.15) is 121 Å². The van der Waals surface area contributed by atoms with Gasteiger partial charge in [-0.25, -0.2) is 19.2 Å². The van der Waals surface area contributed by atoms with Gasteiger partial charge in [0.25, 0.3) is 12.6 Å². The van der Waals surface area contributed by atoms with Crippen molar-refractivity contribution in [2.24, 2.45) is 11.8 Å². The number of ether oxygens (including phenoxy) is 6. The molecule has 2 aliphatic carbocycles. The largest absolute Gasteiger partial charge is 0.463 e. The summed E-state index contributed by atoms with van der Waals surface area (Å²) in [5.41, 5.74) is 3.14. The summed E-state index contributed by atoms with van der Waals surface area (Å²) in [6.45, 7) is 8.10. The van der Waals surface area contributed by atoms with Crippen molar-refractivity contribution in [3.8, 4) is 0 Å². The lowest BCUT2D eigenvalue weighted by atomic mass is 9.77. The molecule has 3 aliphatic rings. The SMILES string of the molecule is C=CC(=O)OCCCC1CCC(c2ccc(C(=O)OC3OCCOC3OC(=O)c3ccc(C4CCC(CCCOC(=O)C=C)CC4)cc3)cc2)CC1. The van der Waals surface area contributed by atoms with E-state index in [-0.39, 0.29) is 25.2 Å². The fourth-order valence-corrected chi connectivity index (χ4v) is 7.57. The highest BCUT2D eigenvalue weighted by Crippen LogP contribution is 2.39. The molecule has 280 valence electrons. The molecule has 3 fully saturated rings. The molecule has 0 spiro atoms. The van der Waals surface area contributed by atoms with Crippen LogP contribution in [0.25, 0.3) is 0 Å². The minimum Gasteiger partial charge on any atom is -0.463 e. The predicted molar refractivity (Wildman–Crippen MR) is 193 cm³/mol. The van der Waals surface area contributed by atoms with Crippen molar-refractivity contribution in [2.45, 2.75) is 101 Å². The van der Waals surface area contributed by atoms with E-state index in [2.05, 4.69) is 13.2 Å². The van der Waals surface area contributed by atoms with Crippen molar-refractivity contribution in [3.63, 3.8) is 0 Å². The first-order valence-corrected chi connectivity index (χ1v) is 18.8. The van der Waals surface area contributed by atoms with Gasteiger partial charge in [0.05, 0.1) is 37.6 Å². The van der Waals surface area contributed by atoms with E-state index < -0.39 is 24.5 Å². The Kier molecular flexibility index (Phi) is 15.0. The number of rotatable bonds is 16. The monoisotopic (exact) mass is 716 g/mol. The van der Waals surface area contributed by atoms with Crippen LogP contribution in [0.4, 0.5) is 0 Å². The Labute approximate surface area is 306 Å². The molecule has 2 atom stereocenters. The third-order valence-electron chi connectivity index (χ3n) is 10.6. The summed E-state index contributed by atoms with van der Waals surface area (Å²) < 4.78 is 32.7. The molecule has 0 radical (unpaired) electrons. The molecule has 52 heavy (non-hydrogen) atoms. The Morgan fingerprint density at radius 3 is 1.29 bits per heavy atom. The molecule has 0 aromatic heterocycles. The molecule has 5 rings (SSSR count). The second kappa shape index (κ2) is 20.1. The molecule has 1 saturated heterocycles. The molecule has 1 heterocycles. The molecule has 1 aliphatic heterocycles. The number of hydrogen-bond donors (Lipinski definition) is 0. The van der Waals surface area contributed by atoms with Gasteiger partial charge < -0.3 is 28.4 Å². The van der Waals surface area contributed by atoms with E-state index in [1.54, 1.807) is 24.3 Å². The van der Waals surface area contributed by atoms with E-state index in [4.69, 9.17) is 28.4 Å². The summed E-state index contributed by atoms with van der Waals surface area (Å²) >= 11 is 0. The molecule has 0 N–H and O–H groups in total. The smallest absolute Gasteiger partial charge is 0.340 e. The van der Waals surface area contributed by atoms with Gasteiger partial charge in [-0.3, -0.25) is 0 Å². The molecule has 10 heteroatoms. The van der Waals surface area contributed by atoms with Crippen LogP contribution in [0, 0.1) is 11.8 Å². The van der Waals surface area contributed by atoms with Gasteiger partial charge in [0.2, 0.25) is 0 Å². The van der Waals surface area contributed by atoms with Gasteiger partial charge >= 0.3 is 23.9 Å². The first kappa shape index (κ1) is 38.9. The van der Waals surface area contributed by atoms with Crippen LogP contribution in [0.5, 0.6) is 0 Å². The average Bonchev–Trinajstić information content (AvgIpc) is 3.19. The summed E-state index contributed by atoms with van der Waals surface area (Å²) in [5.74, 6) is 0.204. The van der Waals surface area contributed by atoms with Crippen LogP contribution >= 0.6 is 0 Å². The van der Waals surface area contributed by atoms with Crippen LogP contribution < -0.4 is 0 Å². The van der Waals surface area contributed by atoms with E-state index >= 15 is 0 Å². The van der Waals surface area contributed by atoms with Crippen molar-refractivity contribution in [3.05, 3.63) is 96.1 Å². The molecule has 2 aromatic carbocycles. The number of carbonyl (C=O) groups excluding carboxylic acids is 4. The zero-order chi connectivity index (χ0) is 36.7. The Morgan fingerprint density at radius 2 is 0.942 bits per heavy atom. The van der Waals surface area contributed by atoms with Gasteiger partial charge in [-0.1, -0.05) is 37.4 Å². The van der Waals surface area contributed by atoms with Gasteiger partial charge in [0.15, 0.2) is 0 Å². The minimum absolute atomic E-state index is 0.202. The molecule has 2 saturated carbocycles. The molecule has 2 aromatic rings. The van der Waals surface area contributed by atoms with Gasteiger partial charge in [-0.15, -0.1) is 0 Å². The second-order valence-corrected chi connectivity index (χ2v) is 14.0. The summed E-state index contributed by atoms with van der Waals surface area (Å²) in [5, 5.41) is 0. The second-order valence-electron chi connectivity index (χ2n) is 14.0. The van der Waals surface area contributed by atoms with Crippen molar-refractivity contribution in [1.82, 2.24) is 0 Å². The first-order chi connectivity index (χ1) is 25.3. The van der Waals surface area contributed by atoms with Crippen molar-refractivity contribution in [1.29, 1.82) is 0 Å². The quantitative estimate of drug-likeness (QED) is 0.0732. The number of benzene rings is 2. The number of esters is 4. The van der Waals surface area contributed by atoms with Crippen LogP contribution in [0.2, 0.25) is 0 Å². The Balaban J connectivity index is 1.04. The number of carbonyl (C=O) groups is 4. The molecule has 0 amide bonds. The fourth-order valence-electron chi connectivity index (χ4n) is 7.57. The van der Waals surface area contributed by atoms with E-state index in [0.717, 1.165) is 77.0 Å². The summed E-state index contributed by atoms with van der Waals surface area (Å²) in [6, 6.07) is 15.0. The van der Waals surface area contributed by atoms with Crippen molar-refractivity contribution < 1.29 is 47.6 Å².